The molecular formula is C21H15N3OS. The molecule has 0 radical (unpaired) electrons. The number of fused-ring (bicyclic) bond motifs is 2. The molecule has 3 aromatic heterocycles. The molecule has 0 aliphatic carbocycles. The number of nitrogens with zero attached hydrogens (tertiary/aromatic N) is 2. The zero-order chi connectivity index (χ0) is 17.7. The zero-order valence-electron chi connectivity index (χ0n) is 14.1. The van der Waals surface area contributed by atoms with Crippen LogP contribution in [0.1, 0.15) is 5.01 Å². The Bertz CT molecular complexity index is 1250. The zero-order valence-corrected chi connectivity index (χ0v) is 14.9. The summed E-state index contributed by atoms with van der Waals surface area (Å²) in [5.41, 5.74) is 11.9. The number of hydrogen-bond acceptors (Lipinski definition) is 5. The lowest BCUT2D eigenvalue weighted by atomic mass is 10.0. The monoisotopic (exact) mass is 357 g/mol. The maximum Gasteiger partial charge on any atom is 0.147 e. The van der Waals surface area contributed by atoms with E-state index in [0.29, 0.717) is 5.82 Å². The minimum atomic E-state index is 0.474. The van der Waals surface area contributed by atoms with Crippen LogP contribution in [0.5, 0.6) is 0 Å². The normalized spacial score (nSPS) is 11.4. The van der Waals surface area contributed by atoms with E-state index in [-0.39, 0.29) is 0 Å². The smallest absolute Gasteiger partial charge is 0.147 e. The molecule has 5 aromatic rings. The summed E-state index contributed by atoms with van der Waals surface area (Å²) >= 11 is 1.69. The van der Waals surface area contributed by atoms with Crippen molar-refractivity contribution in [1.82, 2.24) is 9.97 Å². The molecular weight excluding hydrogens is 342 g/mol. The molecule has 26 heavy (non-hydrogen) atoms. The molecule has 4 nitrogen and oxygen atoms in total. The Morgan fingerprint density at radius 3 is 2.69 bits per heavy atom. The third-order valence-corrected chi connectivity index (χ3v) is 5.47. The molecule has 0 bridgehead atoms. The lowest BCUT2D eigenvalue weighted by Crippen LogP contribution is -1.93. The van der Waals surface area contributed by atoms with E-state index in [4.69, 9.17) is 10.2 Å². The average Bonchev–Trinajstić information content (AvgIpc) is 3.25. The molecule has 126 valence electrons. The molecule has 0 amide bonds. The molecule has 5 rings (SSSR count). The molecule has 0 aliphatic rings. The van der Waals surface area contributed by atoms with Gasteiger partial charge in [0, 0.05) is 17.3 Å². The first-order valence-electron chi connectivity index (χ1n) is 8.29. The standard InChI is InChI=1S/C21H15N3OS/c1-12-24-17-9-14(7-8-18(17)26-12)15-10-23-21(22)19-16(11-25-20(15)19)13-5-3-2-4-6-13/h2-11H,1H3,(H2,22,23). The van der Waals surface area contributed by atoms with Gasteiger partial charge in [0.1, 0.15) is 11.4 Å². The van der Waals surface area contributed by atoms with Gasteiger partial charge >= 0.3 is 0 Å². The minimum absolute atomic E-state index is 0.474. The number of rotatable bonds is 2. The van der Waals surface area contributed by atoms with Crippen LogP contribution in [0.15, 0.2) is 65.4 Å². The van der Waals surface area contributed by atoms with Crippen molar-refractivity contribution in [2.24, 2.45) is 0 Å². The molecule has 0 fully saturated rings. The largest absolute Gasteiger partial charge is 0.463 e. The molecule has 3 heterocycles. The van der Waals surface area contributed by atoms with Gasteiger partial charge in [0.15, 0.2) is 0 Å². The van der Waals surface area contributed by atoms with Gasteiger partial charge < -0.3 is 10.2 Å². The number of hydrogen-bond donors (Lipinski definition) is 1. The van der Waals surface area contributed by atoms with Gasteiger partial charge in [0.05, 0.1) is 26.9 Å². The van der Waals surface area contributed by atoms with Crippen molar-refractivity contribution in [1.29, 1.82) is 0 Å². The Kier molecular flexibility index (Phi) is 3.30. The molecule has 2 N–H and O–H groups in total. The summed E-state index contributed by atoms with van der Waals surface area (Å²) in [6.07, 6.45) is 3.53. The van der Waals surface area contributed by atoms with E-state index >= 15 is 0 Å². The number of benzene rings is 2. The molecule has 0 atom stereocenters. The lowest BCUT2D eigenvalue weighted by molar-refractivity contribution is 0.617. The molecule has 0 saturated carbocycles. The van der Waals surface area contributed by atoms with Crippen LogP contribution >= 0.6 is 11.3 Å². The van der Waals surface area contributed by atoms with Crippen LogP contribution in [-0.2, 0) is 0 Å². The minimum Gasteiger partial charge on any atom is -0.463 e. The van der Waals surface area contributed by atoms with Crippen molar-refractivity contribution in [2.45, 2.75) is 6.92 Å². The first kappa shape index (κ1) is 15.1. The second-order valence-electron chi connectivity index (χ2n) is 6.19. The maximum absolute atomic E-state index is 6.20. The van der Waals surface area contributed by atoms with E-state index in [0.717, 1.165) is 43.7 Å². The molecule has 2 aromatic carbocycles. The number of nitrogen functional groups attached to an aromatic ring is 1. The van der Waals surface area contributed by atoms with Crippen LogP contribution < -0.4 is 5.73 Å². The quantitative estimate of drug-likeness (QED) is 0.442. The third kappa shape index (κ3) is 2.29. The molecule has 0 unspecified atom stereocenters. The van der Waals surface area contributed by atoms with Crippen molar-refractivity contribution in [3.63, 3.8) is 0 Å². The second-order valence-corrected chi connectivity index (χ2v) is 7.43. The summed E-state index contributed by atoms with van der Waals surface area (Å²) < 4.78 is 7.13. The van der Waals surface area contributed by atoms with Crippen LogP contribution in [0.3, 0.4) is 0 Å². The predicted molar refractivity (Wildman–Crippen MR) is 107 cm³/mol. The van der Waals surface area contributed by atoms with Gasteiger partial charge in [-0.1, -0.05) is 36.4 Å². The third-order valence-electron chi connectivity index (χ3n) is 4.51. The van der Waals surface area contributed by atoms with Crippen molar-refractivity contribution >= 4 is 38.3 Å². The predicted octanol–water partition coefficient (Wildman–Crippen LogP) is 5.66. The van der Waals surface area contributed by atoms with Gasteiger partial charge in [-0.05, 0) is 30.2 Å². The van der Waals surface area contributed by atoms with Crippen LogP contribution in [0.4, 0.5) is 5.82 Å². The fraction of sp³-hybridized carbons (Fsp3) is 0.0476. The Balaban J connectivity index is 1.76. The van der Waals surface area contributed by atoms with Gasteiger partial charge in [0.25, 0.3) is 0 Å². The number of thiazole rings is 1. The van der Waals surface area contributed by atoms with Crippen LogP contribution in [0, 0.1) is 6.92 Å². The highest BCUT2D eigenvalue weighted by Gasteiger charge is 2.17. The summed E-state index contributed by atoms with van der Waals surface area (Å²) in [4.78, 5) is 9.02. The lowest BCUT2D eigenvalue weighted by Gasteiger charge is -2.05. The number of anilines is 1. The van der Waals surface area contributed by atoms with Gasteiger partial charge in [-0.15, -0.1) is 11.3 Å². The van der Waals surface area contributed by atoms with E-state index in [1.807, 2.05) is 37.3 Å². The molecule has 0 saturated heterocycles. The van der Waals surface area contributed by atoms with Crippen LogP contribution in [0.25, 0.3) is 43.4 Å². The second kappa shape index (κ2) is 5.68. The van der Waals surface area contributed by atoms with Gasteiger partial charge in [-0.3, -0.25) is 0 Å². The van der Waals surface area contributed by atoms with Crippen LogP contribution in [-0.4, -0.2) is 9.97 Å². The summed E-state index contributed by atoms with van der Waals surface area (Å²) in [6, 6.07) is 16.3. The van der Waals surface area contributed by atoms with Gasteiger partial charge in [-0.2, -0.15) is 0 Å². The number of pyridine rings is 1. The Hall–Kier alpha value is -3.18. The van der Waals surface area contributed by atoms with E-state index < -0.39 is 0 Å². The van der Waals surface area contributed by atoms with Crippen LogP contribution in [0.2, 0.25) is 0 Å². The first-order chi connectivity index (χ1) is 12.7. The Morgan fingerprint density at radius 2 is 1.85 bits per heavy atom. The number of nitrogens with two attached hydrogens (primary N) is 1. The average molecular weight is 357 g/mol. The highest BCUT2D eigenvalue weighted by Crippen LogP contribution is 2.39. The number of furan rings is 1. The summed E-state index contributed by atoms with van der Waals surface area (Å²) in [5, 5.41) is 1.91. The summed E-state index contributed by atoms with van der Waals surface area (Å²) in [5.74, 6) is 0.474. The van der Waals surface area contributed by atoms with Crippen molar-refractivity contribution in [3.05, 3.63) is 66.0 Å². The molecule has 0 spiro atoms. The van der Waals surface area contributed by atoms with E-state index in [1.54, 1.807) is 23.8 Å². The molecule has 5 heteroatoms. The van der Waals surface area contributed by atoms with Crippen molar-refractivity contribution < 1.29 is 4.42 Å². The SMILES string of the molecule is Cc1nc2cc(-c3cnc(N)c4c(-c5ccccc5)coc34)ccc2s1. The fourth-order valence-corrected chi connectivity index (χ4v) is 4.12. The van der Waals surface area contributed by atoms with Crippen molar-refractivity contribution in [2.75, 3.05) is 5.73 Å². The maximum atomic E-state index is 6.20. The van der Waals surface area contributed by atoms with E-state index in [2.05, 4.69) is 28.2 Å². The highest BCUT2D eigenvalue weighted by atomic mass is 32.1. The fourth-order valence-electron chi connectivity index (χ4n) is 3.31. The topological polar surface area (TPSA) is 64.9 Å². The summed E-state index contributed by atoms with van der Waals surface area (Å²) in [7, 11) is 0. The number of aryl methyl sites for hydroxylation is 1. The Morgan fingerprint density at radius 1 is 1.00 bits per heavy atom. The van der Waals surface area contributed by atoms with E-state index in [9.17, 15) is 0 Å². The van der Waals surface area contributed by atoms with Gasteiger partial charge in [-0.25, -0.2) is 9.97 Å². The summed E-state index contributed by atoms with van der Waals surface area (Å²) in [6.45, 7) is 2.02. The van der Waals surface area contributed by atoms with E-state index in [1.165, 1.54) is 4.70 Å². The van der Waals surface area contributed by atoms with Gasteiger partial charge in [0.2, 0.25) is 0 Å². The molecule has 0 aliphatic heterocycles. The highest BCUT2D eigenvalue weighted by molar-refractivity contribution is 7.18. The first-order valence-corrected chi connectivity index (χ1v) is 9.11. The van der Waals surface area contributed by atoms with Crippen molar-refractivity contribution in [3.8, 4) is 22.3 Å². The number of aromatic nitrogens is 2. The Labute approximate surface area is 153 Å².